The molecule has 7 nitrogen and oxygen atoms in total. The number of hydrogen-bond donors (Lipinski definition) is 1. The van der Waals surface area contributed by atoms with Crippen LogP contribution < -0.4 is 5.32 Å². The van der Waals surface area contributed by atoms with Gasteiger partial charge in [0.15, 0.2) is 5.78 Å². The number of fused-ring (bicyclic) bond motifs is 2. The normalized spacial score (nSPS) is 17.4. The summed E-state index contributed by atoms with van der Waals surface area (Å²) < 4.78 is 28.5. The number of pyridine rings is 1. The van der Waals surface area contributed by atoms with Gasteiger partial charge in [-0.3, -0.25) is 9.78 Å². The molecule has 1 saturated heterocycles. The average Bonchev–Trinajstić information content (AvgIpc) is 3.51. The minimum absolute atomic E-state index is 0.0239. The zero-order valence-corrected chi connectivity index (χ0v) is 17.3. The number of ketones is 1. The maximum Gasteiger partial charge on any atom is 0.280 e. The van der Waals surface area contributed by atoms with Crippen molar-refractivity contribution in [3.05, 3.63) is 65.9 Å². The largest absolute Gasteiger partial charge is 0.313 e. The molecule has 3 aromatic heterocycles. The quantitative estimate of drug-likeness (QED) is 0.439. The Hall–Kier alpha value is -3.33. The molecular weight excluding hydrogens is 414 g/mol. The van der Waals surface area contributed by atoms with Gasteiger partial charge in [0.1, 0.15) is 12.0 Å². The molecule has 4 heterocycles. The topological polar surface area (TPSA) is 85.1 Å². The number of benzene rings is 1. The lowest BCUT2D eigenvalue weighted by Crippen LogP contribution is -2.31. The van der Waals surface area contributed by atoms with Crippen molar-refractivity contribution in [1.82, 2.24) is 29.9 Å². The van der Waals surface area contributed by atoms with Crippen molar-refractivity contribution in [2.24, 2.45) is 0 Å². The SMILES string of the molecule is O=C(CCC(c1cc(C(F)F)nc2ncnn12)C1CCCN1)c1cnc2ccccc2c1. The second-order valence-electron chi connectivity index (χ2n) is 8.07. The van der Waals surface area contributed by atoms with E-state index in [1.807, 2.05) is 30.3 Å². The summed E-state index contributed by atoms with van der Waals surface area (Å²) in [6.45, 7) is 0.858. The van der Waals surface area contributed by atoms with E-state index in [1.54, 1.807) is 6.20 Å². The van der Waals surface area contributed by atoms with Crippen LogP contribution in [0.4, 0.5) is 8.78 Å². The van der Waals surface area contributed by atoms with Gasteiger partial charge in [0.25, 0.3) is 12.2 Å². The Morgan fingerprint density at radius 2 is 2.09 bits per heavy atom. The first kappa shape index (κ1) is 20.6. The summed E-state index contributed by atoms with van der Waals surface area (Å²) in [5, 5.41) is 8.57. The minimum Gasteiger partial charge on any atom is -0.313 e. The van der Waals surface area contributed by atoms with E-state index < -0.39 is 6.43 Å². The molecule has 1 aliphatic heterocycles. The van der Waals surface area contributed by atoms with E-state index in [0.717, 1.165) is 30.3 Å². The Morgan fingerprint density at radius 1 is 1.22 bits per heavy atom. The molecule has 0 radical (unpaired) electrons. The highest BCUT2D eigenvalue weighted by molar-refractivity contribution is 5.98. The number of aromatic nitrogens is 5. The molecule has 0 saturated carbocycles. The molecule has 0 spiro atoms. The van der Waals surface area contributed by atoms with Crippen LogP contribution in [-0.2, 0) is 0 Å². The smallest absolute Gasteiger partial charge is 0.280 e. The summed E-state index contributed by atoms with van der Waals surface area (Å²) in [4.78, 5) is 25.3. The van der Waals surface area contributed by atoms with Crippen LogP contribution in [0.25, 0.3) is 16.7 Å². The van der Waals surface area contributed by atoms with Gasteiger partial charge in [0.2, 0.25) is 0 Å². The molecule has 2 unspecified atom stereocenters. The molecule has 1 N–H and O–H groups in total. The lowest BCUT2D eigenvalue weighted by atomic mass is 9.88. The zero-order chi connectivity index (χ0) is 22.1. The zero-order valence-electron chi connectivity index (χ0n) is 17.3. The van der Waals surface area contributed by atoms with Gasteiger partial charge in [0.05, 0.1) is 11.2 Å². The lowest BCUT2D eigenvalue weighted by molar-refractivity contribution is 0.0975. The minimum atomic E-state index is -2.71. The van der Waals surface area contributed by atoms with Crippen LogP contribution in [0, 0.1) is 0 Å². The summed E-state index contributed by atoms with van der Waals surface area (Å²) in [6.07, 6.45) is 2.86. The van der Waals surface area contributed by atoms with E-state index in [-0.39, 0.29) is 35.6 Å². The molecule has 9 heteroatoms. The maximum atomic E-state index is 13.5. The van der Waals surface area contributed by atoms with Crippen LogP contribution in [0.2, 0.25) is 0 Å². The Morgan fingerprint density at radius 3 is 2.91 bits per heavy atom. The Labute approximate surface area is 182 Å². The molecule has 1 aliphatic rings. The molecular formula is C23H22F2N6O. The Balaban J connectivity index is 1.45. The van der Waals surface area contributed by atoms with Gasteiger partial charge in [0, 0.05) is 35.5 Å². The van der Waals surface area contributed by atoms with E-state index in [0.29, 0.717) is 17.7 Å². The van der Waals surface area contributed by atoms with Gasteiger partial charge in [-0.05, 0) is 44.0 Å². The molecule has 2 atom stereocenters. The molecule has 0 bridgehead atoms. The summed E-state index contributed by atoms with van der Waals surface area (Å²) in [7, 11) is 0. The summed E-state index contributed by atoms with van der Waals surface area (Å²) in [6, 6.07) is 11.0. The van der Waals surface area contributed by atoms with Crippen LogP contribution in [0.15, 0.2) is 48.9 Å². The number of Topliss-reactive ketones (excluding diaryl/α,β-unsaturated/α-hetero) is 1. The summed E-state index contributed by atoms with van der Waals surface area (Å²) in [5.41, 5.74) is 1.66. The number of alkyl halides is 2. The van der Waals surface area contributed by atoms with E-state index in [9.17, 15) is 13.6 Å². The standard InChI is InChI=1S/C23H22F2N6O/c24-22(25)19-11-20(31-23(30-19)28-13-29-31)16(18-6-3-9-26-18)7-8-21(32)15-10-14-4-1-2-5-17(14)27-12-15/h1-2,4-5,10-13,16,18,22,26H,3,6-9H2. The van der Waals surface area contributed by atoms with Crippen molar-refractivity contribution in [1.29, 1.82) is 0 Å². The van der Waals surface area contributed by atoms with E-state index in [2.05, 4.69) is 25.4 Å². The molecule has 32 heavy (non-hydrogen) atoms. The van der Waals surface area contributed by atoms with Crippen molar-refractivity contribution < 1.29 is 13.6 Å². The first-order valence-electron chi connectivity index (χ1n) is 10.7. The summed E-state index contributed by atoms with van der Waals surface area (Å²) in [5.74, 6) is -0.0605. The third-order valence-electron chi connectivity index (χ3n) is 6.08. The summed E-state index contributed by atoms with van der Waals surface area (Å²) >= 11 is 0. The highest BCUT2D eigenvalue weighted by Gasteiger charge is 2.30. The van der Waals surface area contributed by atoms with Gasteiger partial charge < -0.3 is 5.32 Å². The predicted molar refractivity (Wildman–Crippen MR) is 115 cm³/mol. The van der Waals surface area contributed by atoms with Crippen LogP contribution >= 0.6 is 0 Å². The van der Waals surface area contributed by atoms with Crippen molar-refractivity contribution in [2.45, 2.75) is 44.1 Å². The van der Waals surface area contributed by atoms with E-state index >= 15 is 0 Å². The molecule has 1 fully saturated rings. The predicted octanol–water partition coefficient (Wildman–Crippen LogP) is 4.11. The van der Waals surface area contributed by atoms with Crippen LogP contribution in [-0.4, -0.2) is 42.9 Å². The van der Waals surface area contributed by atoms with Crippen molar-refractivity contribution >= 4 is 22.5 Å². The number of hydrogen-bond acceptors (Lipinski definition) is 6. The highest BCUT2D eigenvalue weighted by Crippen LogP contribution is 2.32. The Bertz CT molecular complexity index is 1270. The van der Waals surface area contributed by atoms with Crippen molar-refractivity contribution in [3.8, 4) is 0 Å². The molecule has 4 aromatic rings. The second kappa shape index (κ2) is 8.66. The average molecular weight is 436 g/mol. The molecule has 5 rings (SSSR count). The van der Waals surface area contributed by atoms with Crippen LogP contribution in [0.3, 0.4) is 0 Å². The molecule has 164 valence electrons. The monoisotopic (exact) mass is 436 g/mol. The molecule has 0 amide bonds. The third kappa shape index (κ3) is 3.95. The number of nitrogens with one attached hydrogen (secondary N) is 1. The van der Waals surface area contributed by atoms with Gasteiger partial charge in [-0.15, -0.1) is 0 Å². The van der Waals surface area contributed by atoms with Crippen molar-refractivity contribution in [2.75, 3.05) is 6.54 Å². The van der Waals surface area contributed by atoms with E-state index in [1.165, 1.54) is 16.9 Å². The van der Waals surface area contributed by atoms with Gasteiger partial charge in [-0.1, -0.05) is 18.2 Å². The maximum absolute atomic E-state index is 13.5. The first-order valence-corrected chi connectivity index (χ1v) is 10.7. The number of halogens is 2. The number of para-hydroxylation sites is 1. The van der Waals surface area contributed by atoms with Gasteiger partial charge in [-0.25, -0.2) is 18.3 Å². The molecule has 1 aromatic carbocycles. The lowest BCUT2D eigenvalue weighted by Gasteiger charge is -2.24. The number of nitrogens with zero attached hydrogens (tertiary/aromatic N) is 5. The van der Waals surface area contributed by atoms with Gasteiger partial charge in [-0.2, -0.15) is 10.1 Å². The Kier molecular flexibility index (Phi) is 5.57. The fourth-order valence-corrected chi connectivity index (χ4v) is 4.49. The fraction of sp³-hybridized carbons (Fsp3) is 0.348. The van der Waals surface area contributed by atoms with Crippen LogP contribution in [0.1, 0.15) is 59.8 Å². The molecule has 0 aliphatic carbocycles. The first-order chi connectivity index (χ1) is 15.6. The number of carbonyl (C=O) groups is 1. The van der Waals surface area contributed by atoms with E-state index in [4.69, 9.17) is 0 Å². The third-order valence-corrected chi connectivity index (χ3v) is 6.08. The second-order valence-corrected chi connectivity index (χ2v) is 8.07. The van der Waals surface area contributed by atoms with Crippen molar-refractivity contribution in [3.63, 3.8) is 0 Å². The van der Waals surface area contributed by atoms with Gasteiger partial charge >= 0.3 is 0 Å². The van der Waals surface area contributed by atoms with Crippen LogP contribution in [0.5, 0.6) is 0 Å². The fourth-order valence-electron chi connectivity index (χ4n) is 4.49. The number of carbonyl (C=O) groups excluding carboxylic acids is 1. The highest BCUT2D eigenvalue weighted by atomic mass is 19.3. The number of rotatable bonds is 7.